The van der Waals surface area contributed by atoms with Crippen LogP contribution in [0, 0.1) is 0 Å². The number of fused-ring (bicyclic) bond motifs is 1. The molecule has 1 amide bonds. The van der Waals surface area contributed by atoms with Crippen molar-refractivity contribution in [1.82, 2.24) is 19.4 Å². The van der Waals surface area contributed by atoms with Gasteiger partial charge in [0.05, 0.1) is 10.5 Å². The highest BCUT2D eigenvalue weighted by molar-refractivity contribution is 6.33. The Labute approximate surface area is 152 Å². The van der Waals surface area contributed by atoms with Gasteiger partial charge < -0.3 is 10.0 Å². The van der Waals surface area contributed by atoms with Gasteiger partial charge in [0.2, 0.25) is 5.91 Å². The number of aromatic nitrogens is 3. The number of hydrogen-bond acceptors (Lipinski definition) is 4. The summed E-state index contributed by atoms with van der Waals surface area (Å²) in [4.78, 5) is 21.8. The Hall–Kier alpha value is -2.08. The maximum atomic E-state index is 11.5. The van der Waals surface area contributed by atoms with E-state index in [9.17, 15) is 9.90 Å². The van der Waals surface area contributed by atoms with E-state index in [-0.39, 0.29) is 11.9 Å². The molecule has 1 aliphatic heterocycles. The minimum absolute atomic E-state index is 0.0242. The zero-order chi connectivity index (χ0) is 18.0. The van der Waals surface area contributed by atoms with Gasteiger partial charge in [-0.1, -0.05) is 37.4 Å². The van der Waals surface area contributed by atoms with Crippen molar-refractivity contribution in [1.29, 1.82) is 0 Å². The summed E-state index contributed by atoms with van der Waals surface area (Å²) in [5.74, 6) is 0.0727. The molecule has 134 valence electrons. The van der Waals surface area contributed by atoms with Gasteiger partial charge in [0, 0.05) is 38.3 Å². The van der Waals surface area contributed by atoms with Crippen LogP contribution in [-0.4, -0.2) is 43.5 Å². The Morgan fingerprint density at radius 1 is 1.40 bits per heavy atom. The van der Waals surface area contributed by atoms with E-state index < -0.39 is 0 Å². The molecule has 3 rings (SSSR count). The van der Waals surface area contributed by atoms with Crippen LogP contribution in [0.4, 0.5) is 0 Å². The molecule has 6 nitrogen and oxygen atoms in total. The van der Waals surface area contributed by atoms with Crippen LogP contribution in [0.2, 0.25) is 5.02 Å². The third-order valence-electron chi connectivity index (χ3n) is 4.67. The molecule has 0 aliphatic carbocycles. The second-order valence-electron chi connectivity index (χ2n) is 6.37. The number of halogens is 1. The average molecular weight is 363 g/mol. The number of rotatable bonds is 5. The lowest BCUT2D eigenvalue weighted by Gasteiger charge is -2.26. The maximum absolute atomic E-state index is 11.5. The van der Waals surface area contributed by atoms with Gasteiger partial charge >= 0.3 is 0 Å². The van der Waals surface area contributed by atoms with E-state index in [0.29, 0.717) is 30.3 Å². The lowest BCUT2D eigenvalue weighted by Crippen LogP contribution is -2.32. The third-order valence-corrected chi connectivity index (χ3v) is 4.95. The fraction of sp³-hybridized carbons (Fsp3) is 0.500. The molecule has 1 N–H and O–H groups in total. The van der Waals surface area contributed by atoms with Crippen molar-refractivity contribution in [2.24, 2.45) is 0 Å². The standard InChI is InChI=1S/C18H23ClN4O2/c1-3-4-5-8-23-16-15(13-6-9-22(10-7-13)12(2)24)14(19)11-20-17(16)21-18(23)25/h6,11H,3-5,7-10H2,1-2H3,(H,20,21,25). The van der Waals surface area contributed by atoms with Crippen LogP contribution in [0.3, 0.4) is 0 Å². The zero-order valence-electron chi connectivity index (χ0n) is 14.6. The molecule has 0 radical (unpaired) electrons. The maximum Gasteiger partial charge on any atom is 0.296 e. The van der Waals surface area contributed by atoms with E-state index in [1.807, 2.05) is 6.08 Å². The molecule has 0 atom stereocenters. The topological polar surface area (TPSA) is 71.2 Å². The number of hydrogen-bond donors (Lipinski definition) is 1. The first-order valence-corrected chi connectivity index (χ1v) is 9.09. The summed E-state index contributed by atoms with van der Waals surface area (Å²) in [5, 5.41) is 10.8. The van der Waals surface area contributed by atoms with Gasteiger partial charge in [-0.2, -0.15) is 4.98 Å². The van der Waals surface area contributed by atoms with Crippen molar-refractivity contribution in [2.45, 2.75) is 46.1 Å². The molecular formula is C18H23ClN4O2. The quantitative estimate of drug-likeness (QED) is 0.824. The van der Waals surface area contributed by atoms with Crippen LogP contribution in [0.25, 0.3) is 16.7 Å². The molecular weight excluding hydrogens is 340 g/mol. The first-order chi connectivity index (χ1) is 12.0. The number of nitrogens with zero attached hydrogens (tertiary/aromatic N) is 4. The highest BCUT2D eigenvalue weighted by Gasteiger charge is 2.22. The number of imidazole rings is 1. The van der Waals surface area contributed by atoms with Crippen molar-refractivity contribution in [3.8, 4) is 6.01 Å². The van der Waals surface area contributed by atoms with Crippen LogP contribution in [0.15, 0.2) is 12.3 Å². The Morgan fingerprint density at radius 3 is 2.84 bits per heavy atom. The summed E-state index contributed by atoms with van der Waals surface area (Å²) in [6, 6.07) is -0.0242. The average Bonchev–Trinajstić information content (AvgIpc) is 2.91. The highest BCUT2D eigenvalue weighted by Crippen LogP contribution is 2.35. The van der Waals surface area contributed by atoms with Crippen LogP contribution >= 0.6 is 11.6 Å². The van der Waals surface area contributed by atoms with E-state index in [0.717, 1.165) is 42.3 Å². The molecule has 0 unspecified atom stereocenters. The molecule has 0 aromatic carbocycles. The summed E-state index contributed by atoms with van der Waals surface area (Å²) in [6.07, 6.45) is 7.48. The smallest absolute Gasteiger partial charge is 0.296 e. The van der Waals surface area contributed by atoms with Crippen molar-refractivity contribution in [3.05, 3.63) is 22.9 Å². The summed E-state index contributed by atoms with van der Waals surface area (Å²) < 4.78 is 1.80. The van der Waals surface area contributed by atoms with Crippen LogP contribution in [-0.2, 0) is 11.3 Å². The number of unbranched alkanes of at least 4 members (excludes halogenated alkanes) is 2. The first kappa shape index (κ1) is 17.7. The molecule has 3 heterocycles. The molecule has 1 aliphatic rings. The first-order valence-electron chi connectivity index (χ1n) is 8.71. The number of carbonyl (C=O) groups is 1. The molecule has 2 aromatic rings. The van der Waals surface area contributed by atoms with E-state index in [1.54, 1.807) is 22.6 Å². The van der Waals surface area contributed by atoms with Crippen LogP contribution in [0.5, 0.6) is 6.01 Å². The number of carbonyl (C=O) groups excluding carboxylic acids is 1. The zero-order valence-corrected chi connectivity index (χ0v) is 15.4. The number of pyridine rings is 1. The monoisotopic (exact) mass is 362 g/mol. The van der Waals surface area contributed by atoms with Gasteiger partial charge in [0.15, 0.2) is 5.65 Å². The minimum atomic E-state index is -0.0242. The van der Waals surface area contributed by atoms with E-state index >= 15 is 0 Å². The van der Waals surface area contributed by atoms with Gasteiger partial charge in [0.1, 0.15) is 0 Å². The Bertz CT molecular complexity index is 828. The molecule has 25 heavy (non-hydrogen) atoms. The summed E-state index contributed by atoms with van der Waals surface area (Å²) in [7, 11) is 0. The van der Waals surface area contributed by atoms with Gasteiger partial charge in [0.25, 0.3) is 6.01 Å². The summed E-state index contributed by atoms with van der Waals surface area (Å²) in [6.45, 7) is 5.64. The molecule has 0 saturated carbocycles. The molecule has 0 bridgehead atoms. The Morgan fingerprint density at radius 2 is 2.20 bits per heavy atom. The summed E-state index contributed by atoms with van der Waals surface area (Å²) >= 11 is 6.47. The number of aryl methyl sites for hydroxylation is 1. The van der Waals surface area contributed by atoms with E-state index in [4.69, 9.17) is 11.6 Å². The second-order valence-corrected chi connectivity index (χ2v) is 6.78. The molecule has 0 fully saturated rings. The van der Waals surface area contributed by atoms with E-state index in [1.165, 1.54) is 0 Å². The number of amides is 1. The Balaban J connectivity index is 2.05. The molecule has 0 saturated heterocycles. The fourth-order valence-electron chi connectivity index (χ4n) is 3.28. The molecule has 0 spiro atoms. The Kier molecular flexibility index (Phi) is 5.27. The van der Waals surface area contributed by atoms with Gasteiger partial charge in [-0.15, -0.1) is 0 Å². The second kappa shape index (κ2) is 7.44. The fourth-order valence-corrected chi connectivity index (χ4v) is 3.54. The van der Waals surface area contributed by atoms with E-state index in [2.05, 4.69) is 16.9 Å². The van der Waals surface area contributed by atoms with Crippen molar-refractivity contribution in [3.63, 3.8) is 0 Å². The lowest BCUT2D eigenvalue weighted by atomic mass is 9.99. The predicted molar refractivity (Wildman–Crippen MR) is 98.6 cm³/mol. The predicted octanol–water partition coefficient (Wildman–Crippen LogP) is 3.62. The van der Waals surface area contributed by atoms with Crippen LogP contribution in [0.1, 0.15) is 45.1 Å². The lowest BCUT2D eigenvalue weighted by molar-refractivity contribution is -0.128. The molecule has 7 heteroatoms. The van der Waals surface area contributed by atoms with Crippen molar-refractivity contribution >= 4 is 34.2 Å². The van der Waals surface area contributed by atoms with Crippen molar-refractivity contribution in [2.75, 3.05) is 13.1 Å². The number of aromatic hydroxyl groups is 1. The van der Waals surface area contributed by atoms with Crippen LogP contribution < -0.4 is 0 Å². The SMILES string of the molecule is CCCCCn1c(O)nc2ncc(Cl)c(C3=CCN(C(C)=O)CC3)c21. The summed E-state index contributed by atoms with van der Waals surface area (Å²) in [5.41, 5.74) is 3.23. The molecule has 2 aromatic heterocycles. The van der Waals surface area contributed by atoms with Crippen molar-refractivity contribution < 1.29 is 9.90 Å². The third kappa shape index (κ3) is 3.49. The normalized spacial score (nSPS) is 14.8. The van der Waals surface area contributed by atoms with Gasteiger partial charge in [-0.3, -0.25) is 9.36 Å². The van der Waals surface area contributed by atoms with Gasteiger partial charge in [-0.25, -0.2) is 4.98 Å². The van der Waals surface area contributed by atoms with Gasteiger partial charge in [-0.05, 0) is 18.4 Å². The largest absolute Gasteiger partial charge is 0.480 e. The highest BCUT2D eigenvalue weighted by atomic mass is 35.5. The minimum Gasteiger partial charge on any atom is -0.480 e.